The zero-order valence-corrected chi connectivity index (χ0v) is 12.4. The Morgan fingerprint density at radius 3 is 2.32 bits per heavy atom. The van der Waals surface area contributed by atoms with Crippen molar-refractivity contribution in [1.29, 1.82) is 5.26 Å². The molecule has 0 aliphatic heterocycles. The Kier molecular flexibility index (Phi) is 4.54. The van der Waals surface area contributed by atoms with E-state index in [1.165, 1.54) is 6.20 Å². The molecule has 0 aliphatic carbocycles. The molecule has 0 saturated heterocycles. The first-order valence-corrected chi connectivity index (χ1v) is 6.70. The van der Waals surface area contributed by atoms with Crippen LogP contribution >= 0.6 is 46.4 Å². The molecule has 19 heavy (non-hydrogen) atoms. The molecule has 6 heteroatoms. The fourth-order valence-corrected chi connectivity index (χ4v) is 2.45. The van der Waals surface area contributed by atoms with Crippen molar-refractivity contribution in [2.45, 2.75) is 6.42 Å². The zero-order chi connectivity index (χ0) is 14.0. The maximum Gasteiger partial charge on any atom is 0.0781 e. The van der Waals surface area contributed by atoms with E-state index >= 15 is 0 Å². The van der Waals surface area contributed by atoms with Crippen molar-refractivity contribution < 1.29 is 0 Å². The number of nitriles is 1. The van der Waals surface area contributed by atoms with E-state index < -0.39 is 0 Å². The zero-order valence-electron chi connectivity index (χ0n) is 9.42. The Morgan fingerprint density at radius 1 is 0.947 bits per heavy atom. The van der Waals surface area contributed by atoms with Crippen LogP contribution in [0.4, 0.5) is 0 Å². The Labute approximate surface area is 130 Å². The minimum atomic E-state index is 0.156. The van der Waals surface area contributed by atoms with Gasteiger partial charge in [0.1, 0.15) is 0 Å². The summed E-state index contributed by atoms with van der Waals surface area (Å²) in [5, 5.41) is 10.5. The molecule has 0 unspecified atom stereocenters. The van der Waals surface area contributed by atoms with Crippen LogP contribution in [0.15, 0.2) is 24.4 Å². The van der Waals surface area contributed by atoms with Crippen LogP contribution in [0.5, 0.6) is 0 Å². The number of rotatable bonds is 2. The van der Waals surface area contributed by atoms with Crippen LogP contribution in [0.2, 0.25) is 20.1 Å². The van der Waals surface area contributed by atoms with E-state index in [-0.39, 0.29) is 6.42 Å². The largest absolute Gasteiger partial charge is 0.258 e. The molecule has 0 radical (unpaired) electrons. The van der Waals surface area contributed by atoms with Crippen molar-refractivity contribution in [3.05, 3.63) is 50.2 Å². The number of pyridine rings is 1. The smallest absolute Gasteiger partial charge is 0.0781 e. The van der Waals surface area contributed by atoms with E-state index in [0.29, 0.717) is 36.9 Å². The molecule has 1 aromatic heterocycles. The highest BCUT2D eigenvalue weighted by Gasteiger charge is 2.13. The van der Waals surface area contributed by atoms with E-state index in [4.69, 9.17) is 51.7 Å². The molecule has 0 fully saturated rings. The minimum Gasteiger partial charge on any atom is -0.258 e. The Balaban J connectivity index is 2.67. The summed E-state index contributed by atoms with van der Waals surface area (Å²) in [5.74, 6) is 0. The van der Waals surface area contributed by atoms with Crippen LogP contribution in [-0.4, -0.2) is 4.98 Å². The van der Waals surface area contributed by atoms with Gasteiger partial charge in [-0.15, -0.1) is 0 Å². The first kappa shape index (κ1) is 14.4. The monoisotopic (exact) mass is 330 g/mol. The highest BCUT2D eigenvalue weighted by molar-refractivity contribution is 6.44. The quantitative estimate of drug-likeness (QED) is 0.688. The third kappa shape index (κ3) is 3.13. The van der Waals surface area contributed by atoms with Gasteiger partial charge in [0.25, 0.3) is 0 Å². The van der Waals surface area contributed by atoms with Gasteiger partial charge in [0.15, 0.2) is 0 Å². The third-order valence-electron chi connectivity index (χ3n) is 2.48. The lowest BCUT2D eigenvalue weighted by atomic mass is 10.0. The van der Waals surface area contributed by atoms with Gasteiger partial charge in [-0.2, -0.15) is 5.26 Å². The van der Waals surface area contributed by atoms with Crippen molar-refractivity contribution in [1.82, 2.24) is 4.98 Å². The Hall–Kier alpha value is -0.980. The van der Waals surface area contributed by atoms with Crippen LogP contribution in [0.1, 0.15) is 5.69 Å². The Morgan fingerprint density at radius 2 is 1.63 bits per heavy atom. The second-order valence-electron chi connectivity index (χ2n) is 3.73. The van der Waals surface area contributed by atoms with Crippen LogP contribution in [-0.2, 0) is 6.42 Å². The standard InChI is InChI=1S/C13H6Cl4N2/c14-7-3-9(13(1-2-18)19-6-7)8-4-11(16)12(17)5-10(8)15/h3-6H,1H2. The second kappa shape index (κ2) is 5.98. The fraction of sp³-hybridized carbons (Fsp3) is 0.0769. The van der Waals surface area contributed by atoms with Crippen molar-refractivity contribution in [3.63, 3.8) is 0 Å². The lowest BCUT2D eigenvalue weighted by molar-refractivity contribution is 1.12. The molecule has 0 atom stereocenters. The summed E-state index contributed by atoms with van der Waals surface area (Å²) in [4.78, 5) is 4.15. The predicted molar refractivity (Wildman–Crippen MR) is 79.0 cm³/mol. The number of halogens is 4. The topological polar surface area (TPSA) is 36.7 Å². The highest BCUT2D eigenvalue weighted by atomic mass is 35.5. The van der Waals surface area contributed by atoms with E-state index in [1.807, 2.05) is 0 Å². The summed E-state index contributed by atoms with van der Waals surface area (Å²) in [6.45, 7) is 0. The van der Waals surface area contributed by atoms with Crippen molar-refractivity contribution >= 4 is 46.4 Å². The summed E-state index contributed by atoms with van der Waals surface area (Å²) < 4.78 is 0. The molecule has 0 N–H and O–H groups in total. The van der Waals surface area contributed by atoms with E-state index in [9.17, 15) is 0 Å². The van der Waals surface area contributed by atoms with Crippen LogP contribution in [0, 0.1) is 11.3 Å². The molecule has 2 nitrogen and oxygen atoms in total. The molecule has 1 aromatic carbocycles. The van der Waals surface area contributed by atoms with Gasteiger partial charge in [-0.3, -0.25) is 4.98 Å². The minimum absolute atomic E-state index is 0.156. The highest BCUT2D eigenvalue weighted by Crippen LogP contribution is 2.37. The maximum absolute atomic E-state index is 8.83. The Bertz CT molecular complexity index is 677. The number of hydrogen-bond donors (Lipinski definition) is 0. The SMILES string of the molecule is N#CCc1ncc(Cl)cc1-c1cc(Cl)c(Cl)cc1Cl. The summed E-state index contributed by atoms with van der Waals surface area (Å²) in [5.41, 5.74) is 1.92. The predicted octanol–water partition coefficient (Wildman–Crippen LogP) is 5.43. The fourth-order valence-electron chi connectivity index (χ4n) is 1.65. The molecule has 0 amide bonds. The normalized spacial score (nSPS) is 10.3. The van der Waals surface area contributed by atoms with Gasteiger partial charge >= 0.3 is 0 Å². The summed E-state index contributed by atoms with van der Waals surface area (Å²) in [7, 11) is 0. The summed E-state index contributed by atoms with van der Waals surface area (Å²) >= 11 is 24.0. The second-order valence-corrected chi connectivity index (χ2v) is 5.39. The molecule has 2 rings (SSSR count). The lowest BCUT2D eigenvalue weighted by Crippen LogP contribution is -1.94. The molecule has 0 saturated carbocycles. The van der Waals surface area contributed by atoms with E-state index in [0.717, 1.165) is 0 Å². The summed E-state index contributed by atoms with van der Waals surface area (Å²) in [6, 6.07) is 6.95. The van der Waals surface area contributed by atoms with Crippen LogP contribution in [0.3, 0.4) is 0 Å². The van der Waals surface area contributed by atoms with Crippen LogP contribution < -0.4 is 0 Å². The van der Waals surface area contributed by atoms with Gasteiger partial charge in [0.05, 0.1) is 38.3 Å². The van der Waals surface area contributed by atoms with Gasteiger partial charge in [0, 0.05) is 17.3 Å². The number of hydrogen-bond acceptors (Lipinski definition) is 2. The van der Waals surface area contributed by atoms with E-state index in [1.54, 1.807) is 18.2 Å². The van der Waals surface area contributed by atoms with E-state index in [2.05, 4.69) is 11.1 Å². The molecule has 0 aliphatic rings. The van der Waals surface area contributed by atoms with Crippen molar-refractivity contribution in [2.75, 3.05) is 0 Å². The first-order valence-electron chi connectivity index (χ1n) is 5.19. The van der Waals surface area contributed by atoms with Crippen molar-refractivity contribution in [2.24, 2.45) is 0 Å². The number of nitrogens with zero attached hydrogens (tertiary/aromatic N) is 2. The average molecular weight is 332 g/mol. The molecule has 0 spiro atoms. The van der Waals surface area contributed by atoms with Gasteiger partial charge < -0.3 is 0 Å². The molecule has 1 heterocycles. The molecule has 2 aromatic rings. The van der Waals surface area contributed by atoms with Gasteiger partial charge in [-0.1, -0.05) is 46.4 Å². The molecular formula is C13H6Cl4N2. The van der Waals surface area contributed by atoms with Gasteiger partial charge in [0.2, 0.25) is 0 Å². The van der Waals surface area contributed by atoms with Crippen molar-refractivity contribution in [3.8, 4) is 17.2 Å². The first-order chi connectivity index (χ1) is 9.02. The lowest BCUT2D eigenvalue weighted by Gasteiger charge is -2.10. The maximum atomic E-state index is 8.83. The number of aromatic nitrogens is 1. The molecular weight excluding hydrogens is 326 g/mol. The number of benzene rings is 1. The van der Waals surface area contributed by atoms with Gasteiger partial charge in [-0.25, -0.2) is 0 Å². The third-order valence-corrected chi connectivity index (χ3v) is 3.73. The summed E-state index contributed by atoms with van der Waals surface area (Å²) in [6.07, 6.45) is 1.65. The molecule has 0 bridgehead atoms. The molecule has 96 valence electrons. The average Bonchev–Trinajstić information content (AvgIpc) is 2.36. The van der Waals surface area contributed by atoms with Gasteiger partial charge in [-0.05, 0) is 18.2 Å². The van der Waals surface area contributed by atoms with Crippen LogP contribution in [0.25, 0.3) is 11.1 Å².